The number of nitrogens with zero attached hydrogens (tertiary/aromatic N) is 3. The molecular formula is C14H23N3O2. The Bertz CT molecular complexity index is 417. The molecule has 106 valence electrons. The number of aryl methyl sites for hydroxylation is 1. The minimum absolute atomic E-state index is 0.336. The van der Waals surface area contributed by atoms with Crippen LogP contribution in [0.15, 0.2) is 6.20 Å². The van der Waals surface area contributed by atoms with Crippen LogP contribution in [0.25, 0.3) is 0 Å². The number of hydrogen-bond donors (Lipinski definition) is 0. The van der Waals surface area contributed by atoms with Crippen LogP contribution in [0.2, 0.25) is 0 Å². The van der Waals surface area contributed by atoms with Crippen molar-refractivity contribution in [1.82, 2.24) is 9.97 Å². The van der Waals surface area contributed by atoms with Gasteiger partial charge in [0.1, 0.15) is 0 Å². The molecule has 0 saturated heterocycles. The number of aromatic nitrogens is 2. The van der Waals surface area contributed by atoms with Crippen molar-refractivity contribution in [3.63, 3.8) is 0 Å². The molecule has 19 heavy (non-hydrogen) atoms. The molecule has 0 saturated carbocycles. The summed E-state index contributed by atoms with van der Waals surface area (Å²) in [6, 6.07) is 0. The van der Waals surface area contributed by atoms with E-state index in [1.807, 2.05) is 0 Å². The van der Waals surface area contributed by atoms with Crippen molar-refractivity contribution in [1.29, 1.82) is 0 Å². The predicted molar refractivity (Wildman–Crippen MR) is 75.5 cm³/mol. The van der Waals surface area contributed by atoms with Crippen LogP contribution < -0.4 is 4.90 Å². The van der Waals surface area contributed by atoms with Gasteiger partial charge < -0.3 is 9.64 Å². The Morgan fingerprint density at radius 3 is 2.47 bits per heavy atom. The maximum Gasteiger partial charge on any atom is 0.341 e. The molecule has 0 N–H and O–H groups in total. The molecule has 5 heteroatoms. The van der Waals surface area contributed by atoms with Gasteiger partial charge in [-0.3, -0.25) is 0 Å². The van der Waals surface area contributed by atoms with Gasteiger partial charge in [0.25, 0.3) is 0 Å². The van der Waals surface area contributed by atoms with E-state index in [0.717, 1.165) is 31.6 Å². The van der Waals surface area contributed by atoms with Gasteiger partial charge in [0.05, 0.1) is 17.9 Å². The maximum atomic E-state index is 11.8. The minimum Gasteiger partial charge on any atom is -0.462 e. The summed E-state index contributed by atoms with van der Waals surface area (Å²) < 4.78 is 5.04. The molecule has 1 rings (SSSR count). The first-order valence-electron chi connectivity index (χ1n) is 6.95. The van der Waals surface area contributed by atoms with E-state index in [4.69, 9.17) is 4.74 Å². The van der Waals surface area contributed by atoms with E-state index < -0.39 is 0 Å². The molecular weight excluding hydrogens is 242 g/mol. The molecule has 0 aliphatic carbocycles. The molecule has 0 fully saturated rings. The van der Waals surface area contributed by atoms with Crippen molar-refractivity contribution < 1.29 is 9.53 Å². The van der Waals surface area contributed by atoms with E-state index in [1.54, 1.807) is 13.1 Å². The van der Waals surface area contributed by atoms with Crippen LogP contribution in [0, 0.1) is 0 Å². The van der Waals surface area contributed by atoms with Crippen molar-refractivity contribution in [2.24, 2.45) is 0 Å². The fourth-order valence-corrected chi connectivity index (χ4v) is 1.87. The monoisotopic (exact) mass is 265 g/mol. The number of hydrogen-bond acceptors (Lipinski definition) is 5. The molecule has 1 aromatic rings. The van der Waals surface area contributed by atoms with Gasteiger partial charge in [0.2, 0.25) is 5.95 Å². The summed E-state index contributed by atoms with van der Waals surface area (Å²) in [6.07, 6.45) is 3.27. The number of ether oxygens (including phenoxy) is 1. The van der Waals surface area contributed by atoms with E-state index >= 15 is 0 Å². The Labute approximate surface area is 115 Å². The number of rotatable bonds is 7. The van der Waals surface area contributed by atoms with Gasteiger partial charge in [-0.2, -0.15) is 0 Å². The van der Waals surface area contributed by atoms with Crippen LogP contribution in [-0.4, -0.2) is 35.6 Å². The van der Waals surface area contributed by atoms with Gasteiger partial charge in [-0.1, -0.05) is 13.3 Å². The lowest BCUT2D eigenvalue weighted by atomic mass is 10.1. The second kappa shape index (κ2) is 7.71. The summed E-state index contributed by atoms with van der Waals surface area (Å²) in [5.41, 5.74) is 1.26. The van der Waals surface area contributed by atoms with Gasteiger partial charge in [0.15, 0.2) is 0 Å². The number of anilines is 1. The lowest BCUT2D eigenvalue weighted by Gasteiger charge is -2.19. The fraction of sp³-hybridized carbons (Fsp3) is 0.643. The molecule has 1 heterocycles. The van der Waals surface area contributed by atoms with Crippen molar-refractivity contribution in [2.75, 3.05) is 24.6 Å². The third kappa shape index (κ3) is 3.91. The number of carbonyl (C=O) groups is 1. The molecule has 1 aromatic heterocycles. The Morgan fingerprint density at radius 1 is 1.26 bits per heavy atom. The minimum atomic E-state index is -0.336. The molecule has 0 aliphatic heterocycles. The van der Waals surface area contributed by atoms with E-state index in [1.165, 1.54) is 0 Å². The van der Waals surface area contributed by atoms with Crippen LogP contribution in [0.4, 0.5) is 5.95 Å². The first kappa shape index (κ1) is 15.4. The average molecular weight is 265 g/mol. The van der Waals surface area contributed by atoms with Crippen LogP contribution in [-0.2, 0) is 11.2 Å². The van der Waals surface area contributed by atoms with Gasteiger partial charge in [0, 0.05) is 19.3 Å². The Hall–Kier alpha value is -1.65. The molecule has 0 aliphatic rings. The molecule has 0 aromatic carbocycles. The molecule has 0 atom stereocenters. The van der Waals surface area contributed by atoms with Crippen molar-refractivity contribution in [3.05, 3.63) is 17.5 Å². The summed E-state index contributed by atoms with van der Waals surface area (Å²) in [6.45, 7) is 10.0. The van der Waals surface area contributed by atoms with Crippen LogP contribution in [0.5, 0.6) is 0 Å². The Morgan fingerprint density at radius 2 is 1.95 bits per heavy atom. The van der Waals surface area contributed by atoms with Crippen molar-refractivity contribution >= 4 is 11.9 Å². The highest BCUT2D eigenvalue weighted by Crippen LogP contribution is 2.14. The zero-order valence-corrected chi connectivity index (χ0v) is 12.3. The molecule has 0 spiro atoms. The van der Waals surface area contributed by atoms with Crippen LogP contribution >= 0.6 is 0 Å². The second-order valence-electron chi connectivity index (χ2n) is 4.17. The van der Waals surface area contributed by atoms with Crippen LogP contribution in [0.1, 0.15) is 50.2 Å². The summed E-state index contributed by atoms with van der Waals surface area (Å²) in [7, 11) is 0. The highest BCUT2D eigenvalue weighted by atomic mass is 16.5. The molecule has 0 bridgehead atoms. The maximum absolute atomic E-state index is 11.8. The van der Waals surface area contributed by atoms with Crippen LogP contribution in [0.3, 0.4) is 0 Å². The quantitative estimate of drug-likeness (QED) is 0.709. The third-order valence-corrected chi connectivity index (χ3v) is 2.88. The van der Waals surface area contributed by atoms with E-state index in [0.29, 0.717) is 18.1 Å². The molecule has 0 amide bonds. The highest BCUT2D eigenvalue weighted by Gasteiger charge is 2.16. The van der Waals surface area contributed by atoms with Crippen molar-refractivity contribution in [2.45, 2.75) is 40.5 Å². The van der Waals surface area contributed by atoms with Gasteiger partial charge in [-0.05, 0) is 27.2 Å². The van der Waals surface area contributed by atoms with Gasteiger partial charge >= 0.3 is 5.97 Å². The predicted octanol–water partition coefficient (Wildman–Crippen LogP) is 2.45. The highest BCUT2D eigenvalue weighted by molar-refractivity contribution is 5.90. The van der Waals surface area contributed by atoms with Gasteiger partial charge in [-0.15, -0.1) is 0 Å². The lowest BCUT2D eigenvalue weighted by Crippen LogP contribution is -2.25. The zero-order chi connectivity index (χ0) is 14.3. The number of carbonyl (C=O) groups excluding carboxylic acids is 1. The van der Waals surface area contributed by atoms with E-state index in [2.05, 4.69) is 35.6 Å². The average Bonchev–Trinajstić information content (AvgIpc) is 2.41. The summed E-state index contributed by atoms with van der Waals surface area (Å²) in [4.78, 5) is 22.7. The smallest absolute Gasteiger partial charge is 0.341 e. The lowest BCUT2D eigenvalue weighted by molar-refractivity contribution is 0.0524. The largest absolute Gasteiger partial charge is 0.462 e. The Balaban J connectivity index is 3.09. The third-order valence-electron chi connectivity index (χ3n) is 2.88. The molecule has 5 nitrogen and oxygen atoms in total. The topological polar surface area (TPSA) is 55.3 Å². The first-order valence-corrected chi connectivity index (χ1v) is 6.95. The van der Waals surface area contributed by atoms with Crippen molar-refractivity contribution in [3.8, 4) is 0 Å². The molecule has 0 unspecified atom stereocenters. The standard InChI is InChI=1S/C14H23N3O2/c1-5-9-12-11(13(18)19-8-4)10-15-14(16-12)17(6-2)7-3/h10H,5-9H2,1-4H3. The summed E-state index contributed by atoms with van der Waals surface area (Å²) in [5.74, 6) is 0.346. The zero-order valence-electron chi connectivity index (χ0n) is 12.3. The Kier molecular flexibility index (Phi) is 6.25. The fourth-order valence-electron chi connectivity index (χ4n) is 1.87. The van der Waals surface area contributed by atoms with E-state index in [-0.39, 0.29) is 5.97 Å². The van der Waals surface area contributed by atoms with E-state index in [9.17, 15) is 4.79 Å². The first-order chi connectivity index (χ1) is 9.17. The molecule has 0 radical (unpaired) electrons. The number of esters is 1. The van der Waals surface area contributed by atoms with Gasteiger partial charge in [-0.25, -0.2) is 14.8 Å². The normalized spacial score (nSPS) is 10.3. The summed E-state index contributed by atoms with van der Waals surface area (Å²) in [5, 5.41) is 0. The SMILES string of the molecule is CCCc1nc(N(CC)CC)ncc1C(=O)OCC. The second-order valence-corrected chi connectivity index (χ2v) is 4.17. The summed E-state index contributed by atoms with van der Waals surface area (Å²) >= 11 is 0.